The van der Waals surface area contributed by atoms with Crippen LogP contribution >= 0.6 is 12.2 Å². The summed E-state index contributed by atoms with van der Waals surface area (Å²) in [5.74, 6) is 0.679. The summed E-state index contributed by atoms with van der Waals surface area (Å²) in [4.78, 5) is 4.06. The molecule has 2 rings (SSSR count). The van der Waals surface area contributed by atoms with Gasteiger partial charge in [0.1, 0.15) is 12.2 Å². The number of hydrogen-bond donors (Lipinski definition) is 2. The fourth-order valence-electron chi connectivity index (χ4n) is 1.70. The van der Waals surface area contributed by atoms with Crippen molar-refractivity contribution < 1.29 is 13.5 Å². The van der Waals surface area contributed by atoms with Crippen molar-refractivity contribution in [2.75, 3.05) is 5.73 Å². The molecule has 1 aliphatic rings. The molecule has 0 aliphatic carbocycles. The Balaban J connectivity index is 2.27. The molecule has 1 fully saturated rings. The van der Waals surface area contributed by atoms with Crippen LogP contribution in [0.2, 0.25) is 0 Å². The van der Waals surface area contributed by atoms with Gasteiger partial charge in [0.05, 0.1) is 11.2 Å². The van der Waals surface area contributed by atoms with Crippen LogP contribution in [0.4, 0.5) is 5.82 Å². The van der Waals surface area contributed by atoms with Gasteiger partial charge in [0.25, 0.3) is 0 Å². The summed E-state index contributed by atoms with van der Waals surface area (Å²) in [6.07, 6.45) is 1.62. The van der Waals surface area contributed by atoms with E-state index in [1.54, 1.807) is 12.3 Å². The Morgan fingerprint density at radius 1 is 1.26 bits per heavy atom. The van der Waals surface area contributed by atoms with Crippen LogP contribution < -0.4 is 20.5 Å². The maximum absolute atomic E-state index is 5.93. The second-order valence-electron chi connectivity index (χ2n) is 5.42. The van der Waals surface area contributed by atoms with Crippen molar-refractivity contribution in [3.05, 3.63) is 12.3 Å². The monoisotopic (exact) mass is 283 g/mol. The average molecular weight is 283 g/mol. The fourth-order valence-corrected chi connectivity index (χ4v) is 1.93. The van der Waals surface area contributed by atoms with Gasteiger partial charge < -0.3 is 19.2 Å². The summed E-state index contributed by atoms with van der Waals surface area (Å²) in [6, 6.07) is 1.73. The zero-order valence-corrected chi connectivity index (χ0v) is 12.3. The Kier molecular flexibility index (Phi) is 3.70. The van der Waals surface area contributed by atoms with E-state index in [0.29, 0.717) is 5.75 Å². The Morgan fingerprint density at radius 2 is 1.84 bits per heavy atom. The van der Waals surface area contributed by atoms with Crippen LogP contribution in [0.25, 0.3) is 0 Å². The second kappa shape index (κ2) is 4.86. The van der Waals surface area contributed by atoms with Crippen LogP contribution in [0.3, 0.4) is 0 Å². The molecule has 1 aromatic rings. The second-order valence-corrected chi connectivity index (χ2v) is 5.78. The molecule has 6 nitrogen and oxygen atoms in total. The molecule has 0 aromatic carbocycles. The molecule has 0 bridgehead atoms. The minimum atomic E-state index is -0.497. The van der Waals surface area contributed by atoms with Crippen molar-refractivity contribution in [2.24, 2.45) is 5.14 Å². The van der Waals surface area contributed by atoms with Crippen LogP contribution in [-0.4, -0.2) is 23.3 Å². The Morgan fingerprint density at radius 3 is 2.37 bits per heavy atom. The number of pyridine rings is 1. The molecule has 0 radical (unpaired) electrons. The van der Waals surface area contributed by atoms with Gasteiger partial charge in [-0.2, -0.15) is 0 Å². The van der Waals surface area contributed by atoms with Crippen molar-refractivity contribution in [1.82, 2.24) is 4.98 Å². The van der Waals surface area contributed by atoms with E-state index < -0.39 is 18.3 Å². The molecule has 104 valence electrons. The standard InChI is InChI=1S/C11H18BN3O3S/c1-10(2)11(3,4)18-12(17-10)7-5-8(16-19-14)9(13)15-6-7/h5-6H,14H2,1-4H3,(H2,13,15). The van der Waals surface area contributed by atoms with Gasteiger partial charge in [-0.25, -0.2) is 10.1 Å². The van der Waals surface area contributed by atoms with Crippen molar-refractivity contribution in [2.45, 2.75) is 38.9 Å². The molecule has 0 unspecified atom stereocenters. The van der Waals surface area contributed by atoms with Crippen LogP contribution in [0, 0.1) is 0 Å². The highest BCUT2D eigenvalue weighted by atomic mass is 32.2. The minimum Gasteiger partial charge on any atom is -0.406 e. The predicted molar refractivity (Wildman–Crippen MR) is 76.8 cm³/mol. The van der Waals surface area contributed by atoms with E-state index in [-0.39, 0.29) is 5.82 Å². The lowest BCUT2D eigenvalue weighted by atomic mass is 9.80. The number of aromatic nitrogens is 1. The zero-order valence-electron chi connectivity index (χ0n) is 11.5. The first-order valence-corrected chi connectivity index (χ1v) is 6.72. The number of nitrogen functional groups attached to an aromatic ring is 1. The highest BCUT2D eigenvalue weighted by molar-refractivity contribution is 7.92. The number of hydrogen-bond acceptors (Lipinski definition) is 7. The Hall–Kier alpha value is -0.955. The van der Waals surface area contributed by atoms with E-state index in [9.17, 15) is 0 Å². The average Bonchev–Trinajstić information content (AvgIpc) is 2.51. The van der Waals surface area contributed by atoms with Gasteiger partial charge in [-0.3, -0.25) is 0 Å². The minimum absolute atomic E-state index is 0.276. The predicted octanol–water partition coefficient (Wildman–Crippen LogP) is 0.864. The highest BCUT2D eigenvalue weighted by Crippen LogP contribution is 2.36. The van der Waals surface area contributed by atoms with Crippen LogP contribution in [0.15, 0.2) is 12.3 Å². The summed E-state index contributed by atoms with van der Waals surface area (Å²) in [5, 5.41) is 5.27. The highest BCUT2D eigenvalue weighted by Gasteiger charge is 2.51. The van der Waals surface area contributed by atoms with E-state index >= 15 is 0 Å². The van der Waals surface area contributed by atoms with Crippen molar-refractivity contribution in [3.63, 3.8) is 0 Å². The smallest absolute Gasteiger partial charge is 0.406 e. The maximum Gasteiger partial charge on any atom is 0.496 e. The molecule has 4 N–H and O–H groups in total. The molecule has 0 saturated carbocycles. The van der Waals surface area contributed by atoms with Gasteiger partial charge in [-0.05, 0) is 33.8 Å². The topological polar surface area (TPSA) is 92.6 Å². The molecule has 0 atom stereocenters. The molecule has 8 heteroatoms. The zero-order chi connectivity index (χ0) is 14.3. The first-order chi connectivity index (χ1) is 8.77. The summed E-state index contributed by atoms with van der Waals surface area (Å²) >= 11 is 0.718. The normalized spacial score (nSPS) is 20.6. The number of rotatable bonds is 3. The lowest BCUT2D eigenvalue weighted by molar-refractivity contribution is 0.00578. The number of nitrogens with zero attached hydrogens (tertiary/aromatic N) is 1. The largest absolute Gasteiger partial charge is 0.496 e. The summed E-state index contributed by atoms with van der Waals surface area (Å²) in [6.45, 7) is 7.96. The first-order valence-electron chi connectivity index (χ1n) is 5.91. The summed E-state index contributed by atoms with van der Waals surface area (Å²) in [5.41, 5.74) is 5.64. The van der Waals surface area contributed by atoms with Gasteiger partial charge in [-0.15, -0.1) is 0 Å². The Bertz CT molecular complexity index is 468. The van der Waals surface area contributed by atoms with Crippen LogP contribution in [0.5, 0.6) is 5.75 Å². The molecular weight excluding hydrogens is 265 g/mol. The lowest BCUT2D eigenvalue weighted by Gasteiger charge is -2.32. The van der Waals surface area contributed by atoms with Crippen LogP contribution in [-0.2, 0) is 9.31 Å². The van der Waals surface area contributed by atoms with Crippen LogP contribution in [0.1, 0.15) is 27.7 Å². The first kappa shape index (κ1) is 14.5. The van der Waals surface area contributed by atoms with E-state index in [1.165, 1.54) is 0 Å². The lowest BCUT2D eigenvalue weighted by Crippen LogP contribution is -2.41. The molecule has 0 spiro atoms. The van der Waals surface area contributed by atoms with E-state index in [2.05, 4.69) is 4.98 Å². The fraction of sp³-hybridized carbons (Fsp3) is 0.545. The maximum atomic E-state index is 5.93. The van der Waals surface area contributed by atoms with Crippen molar-refractivity contribution in [1.29, 1.82) is 0 Å². The van der Waals surface area contributed by atoms with E-state index in [4.69, 9.17) is 24.4 Å². The third kappa shape index (κ3) is 2.67. The van der Waals surface area contributed by atoms with Gasteiger partial charge in [0.15, 0.2) is 11.6 Å². The summed E-state index contributed by atoms with van der Waals surface area (Å²) < 4.78 is 17.0. The third-order valence-corrected chi connectivity index (χ3v) is 3.84. The number of nitrogens with two attached hydrogens (primary N) is 2. The van der Waals surface area contributed by atoms with E-state index in [1.807, 2.05) is 27.7 Å². The summed E-state index contributed by atoms with van der Waals surface area (Å²) in [7, 11) is -0.497. The molecule has 0 amide bonds. The SMILES string of the molecule is CC1(C)OB(c2cnc(N)c(OSN)c2)OC1(C)C. The molecule has 19 heavy (non-hydrogen) atoms. The molecule has 2 heterocycles. The van der Waals surface area contributed by atoms with Gasteiger partial charge in [0.2, 0.25) is 0 Å². The van der Waals surface area contributed by atoms with Gasteiger partial charge in [-0.1, -0.05) is 0 Å². The van der Waals surface area contributed by atoms with Crippen molar-refractivity contribution >= 4 is 30.6 Å². The molecule has 1 saturated heterocycles. The third-order valence-electron chi connectivity index (χ3n) is 3.57. The Labute approximate surface area is 117 Å². The molecular formula is C11H18BN3O3S. The molecule has 1 aliphatic heterocycles. The molecule has 1 aromatic heterocycles. The van der Waals surface area contributed by atoms with Crippen molar-refractivity contribution in [3.8, 4) is 5.75 Å². The van der Waals surface area contributed by atoms with E-state index in [0.717, 1.165) is 17.7 Å². The number of anilines is 1. The van der Waals surface area contributed by atoms with Gasteiger partial charge >= 0.3 is 7.12 Å². The quantitative estimate of drug-likeness (QED) is 0.483. The van der Waals surface area contributed by atoms with Gasteiger partial charge in [0, 0.05) is 11.7 Å².